The van der Waals surface area contributed by atoms with Crippen molar-refractivity contribution >= 4 is 11.6 Å². The van der Waals surface area contributed by atoms with E-state index in [1.54, 1.807) is 54.7 Å². The molecule has 0 aliphatic carbocycles. The van der Waals surface area contributed by atoms with Gasteiger partial charge in [0.25, 0.3) is 5.91 Å². The van der Waals surface area contributed by atoms with Crippen LogP contribution < -0.4 is 10.1 Å². The largest absolute Gasteiger partial charge is 0.455 e. The van der Waals surface area contributed by atoms with Crippen LogP contribution in [0.3, 0.4) is 0 Å². The number of hydrogen-bond acceptors (Lipinski definition) is 3. The highest BCUT2D eigenvalue weighted by atomic mass is 19.1. The van der Waals surface area contributed by atoms with Gasteiger partial charge in [-0.05, 0) is 66.2 Å². The molecule has 0 spiro atoms. The molecule has 4 rings (SSSR count). The molecule has 0 aliphatic rings. The molecular weight excluding hydrogens is 398 g/mol. The third-order valence-electron chi connectivity index (χ3n) is 4.53. The van der Waals surface area contributed by atoms with E-state index in [-0.39, 0.29) is 17.5 Å². The Kier molecular flexibility index (Phi) is 5.98. The lowest BCUT2D eigenvalue weighted by atomic mass is 10.1. The van der Waals surface area contributed by atoms with Crippen molar-refractivity contribution in [1.29, 1.82) is 0 Å². The van der Waals surface area contributed by atoms with Crippen molar-refractivity contribution in [3.05, 3.63) is 120 Å². The molecule has 1 N–H and O–H groups in total. The number of anilines is 1. The summed E-state index contributed by atoms with van der Waals surface area (Å²) in [5, 5.41) is 2.83. The number of aromatic nitrogens is 1. The van der Waals surface area contributed by atoms with Crippen LogP contribution in [0.5, 0.6) is 11.5 Å². The van der Waals surface area contributed by atoms with Crippen molar-refractivity contribution in [1.82, 2.24) is 4.98 Å². The SMILES string of the molecule is O=C(Nc1ccccc1Oc1ccc(F)cc1)c1ccnc(Cc2cccc(F)c2)c1. The minimum atomic E-state index is -0.360. The number of pyridine rings is 1. The molecule has 0 unspecified atom stereocenters. The van der Waals surface area contributed by atoms with Crippen LogP contribution in [0.2, 0.25) is 0 Å². The Morgan fingerprint density at radius 3 is 2.48 bits per heavy atom. The summed E-state index contributed by atoms with van der Waals surface area (Å²) >= 11 is 0. The summed E-state index contributed by atoms with van der Waals surface area (Å²) in [4.78, 5) is 17.1. The second-order valence-electron chi connectivity index (χ2n) is 6.85. The van der Waals surface area contributed by atoms with Crippen molar-refractivity contribution in [2.45, 2.75) is 6.42 Å². The molecule has 154 valence electrons. The van der Waals surface area contributed by atoms with Crippen LogP contribution in [0, 0.1) is 11.6 Å². The molecular formula is C25H18F2N2O2. The van der Waals surface area contributed by atoms with Crippen LogP contribution in [-0.4, -0.2) is 10.9 Å². The van der Waals surface area contributed by atoms with Crippen molar-refractivity contribution in [3.8, 4) is 11.5 Å². The number of rotatable bonds is 6. The van der Waals surface area contributed by atoms with E-state index in [0.717, 1.165) is 5.56 Å². The van der Waals surface area contributed by atoms with E-state index >= 15 is 0 Å². The van der Waals surface area contributed by atoms with Crippen molar-refractivity contribution < 1.29 is 18.3 Å². The van der Waals surface area contributed by atoms with Gasteiger partial charge in [-0.3, -0.25) is 9.78 Å². The van der Waals surface area contributed by atoms with E-state index in [1.165, 1.54) is 36.4 Å². The molecule has 0 aliphatic heterocycles. The van der Waals surface area contributed by atoms with Crippen LogP contribution in [0.25, 0.3) is 0 Å². The zero-order valence-corrected chi connectivity index (χ0v) is 16.4. The first kappa shape index (κ1) is 20.2. The van der Waals surface area contributed by atoms with E-state index in [0.29, 0.717) is 34.9 Å². The van der Waals surface area contributed by atoms with Gasteiger partial charge in [0.05, 0.1) is 5.69 Å². The lowest BCUT2D eigenvalue weighted by molar-refractivity contribution is 0.102. The molecule has 0 atom stereocenters. The zero-order valence-electron chi connectivity index (χ0n) is 16.4. The number of carbonyl (C=O) groups is 1. The van der Waals surface area contributed by atoms with Crippen LogP contribution in [0.1, 0.15) is 21.6 Å². The summed E-state index contributed by atoms with van der Waals surface area (Å²) in [5.74, 6) is -0.135. The molecule has 3 aromatic carbocycles. The summed E-state index contributed by atoms with van der Waals surface area (Å²) in [7, 11) is 0. The highest BCUT2D eigenvalue weighted by molar-refractivity contribution is 6.05. The van der Waals surface area contributed by atoms with Crippen molar-refractivity contribution in [2.24, 2.45) is 0 Å². The van der Waals surface area contributed by atoms with Crippen LogP contribution in [-0.2, 0) is 6.42 Å². The van der Waals surface area contributed by atoms with Gasteiger partial charge in [0.15, 0.2) is 5.75 Å². The Bertz CT molecular complexity index is 1210. The number of ether oxygens (including phenoxy) is 1. The van der Waals surface area contributed by atoms with E-state index in [1.807, 2.05) is 0 Å². The molecule has 0 fully saturated rings. The number of benzene rings is 3. The number of nitrogens with one attached hydrogen (secondary N) is 1. The first-order valence-corrected chi connectivity index (χ1v) is 9.60. The maximum atomic E-state index is 13.4. The van der Waals surface area contributed by atoms with Gasteiger partial charge >= 0.3 is 0 Å². The zero-order chi connectivity index (χ0) is 21.6. The lowest BCUT2D eigenvalue weighted by Crippen LogP contribution is -2.13. The normalized spacial score (nSPS) is 10.5. The number of carbonyl (C=O) groups excluding carboxylic acids is 1. The monoisotopic (exact) mass is 416 g/mol. The first-order chi connectivity index (χ1) is 15.1. The molecule has 6 heteroatoms. The molecule has 31 heavy (non-hydrogen) atoms. The average molecular weight is 416 g/mol. The highest BCUT2D eigenvalue weighted by Gasteiger charge is 2.12. The first-order valence-electron chi connectivity index (χ1n) is 9.60. The molecule has 0 bridgehead atoms. The summed E-state index contributed by atoms with van der Waals surface area (Å²) in [5.41, 5.74) is 2.30. The number of halogens is 2. The Morgan fingerprint density at radius 1 is 0.871 bits per heavy atom. The summed E-state index contributed by atoms with van der Waals surface area (Å²) < 4.78 is 32.3. The van der Waals surface area contributed by atoms with E-state index in [9.17, 15) is 13.6 Å². The fraction of sp³-hybridized carbons (Fsp3) is 0.0400. The van der Waals surface area contributed by atoms with Gasteiger partial charge in [0.2, 0.25) is 0 Å². The quantitative estimate of drug-likeness (QED) is 0.420. The van der Waals surface area contributed by atoms with E-state index in [4.69, 9.17) is 4.74 Å². The van der Waals surface area contributed by atoms with Gasteiger partial charge in [-0.25, -0.2) is 8.78 Å². The molecule has 1 amide bonds. The fourth-order valence-corrected chi connectivity index (χ4v) is 3.06. The topological polar surface area (TPSA) is 51.2 Å². The van der Waals surface area contributed by atoms with E-state index in [2.05, 4.69) is 10.3 Å². The maximum absolute atomic E-state index is 13.4. The third-order valence-corrected chi connectivity index (χ3v) is 4.53. The number of amides is 1. The lowest BCUT2D eigenvalue weighted by Gasteiger charge is -2.12. The molecule has 0 saturated heterocycles. The number of nitrogens with zero attached hydrogens (tertiary/aromatic N) is 1. The van der Waals surface area contributed by atoms with Gasteiger partial charge in [0.1, 0.15) is 17.4 Å². The Balaban J connectivity index is 1.50. The smallest absolute Gasteiger partial charge is 0.255 e. The fourth-order valence-electron chi connectivity index (χ4n) is 3.06. The number of hydrogen-bond donors (Lipinski definition) is 1. The van der Waals surface area contributed by atoms with Crippen LogP contribution >= 0.6 is 0 Å². The van der Waals surface area contributed by atoms with Gasteiger partial charge in [0, 0.05) is 23.9 Å². The molecule has 1 aromatic heterocycles. The van der Waals surface area contributed by atoms with Gasteiger partial charge < -0.3 is 10.1 Å². The molecule has 0 saturated carbocycles. The van der Waals surface area contributed by atoms with Crippen LogP contribution in [0.4, 0.5) is 14.5 Å². The molecule has 1 heterocycles. The Hall–Kier alpha value is -4.06. The third kappa shape index (κ3) is 5.30. The number of para-hydroxylation sites is 2. The second kappa shape index (κ2) is 9.17. The average Bonchev–Trinajstić information content (AvgIpc) is 2.77. The molecule has 4 nitrogen and oxygen atoms in total. The minimum Gasteiger partial charge on any atom is -0.455 e. The molecule has 4 aromatic rings. The Morgan fingerprint density at radius 2 is 1.68 bits per heavy atom. The van der Waals surface area contributed by atoms with Crippen molar-refractivity contribution in [3.63, 3.8) is 0 Å². The highest BCUT2D eigenvalue weighted by Crippen LogP contribution is 2.29. The van der Waals surface area contributed by atoms with Crippen molar-refractivity contribution in [2.75, 3.05) is 5.32 Å². The summed E-state index contributed by atoms with van der Waals surface area (Å²) in [6, 6.07) is 22.1. The van der Waals surface area contributed by atoms with Gasteiger partial charge in [-0.2, -0.15) is 0 Å². The second-order valence-corrected chi connectivity index (χ2v) is 6.85. The summed E-state index contributed by atoms with van der Waals surface area (Å²) in [6.07, 6.45) is 1.95. The summed E-state index contributed by atoms with van der Waals surface area (Å²) in [6.45, 7) is 0. The van der Waals surface area contributed by atoms with E-state index < -0.39 is 0 Å². The standard InChI is InChI=1S/C25H18F2N2O2/c26-19-8-10-22(11-9-19)31-24-7-2-1-6-23(24)29-25(30)18-12-13-28-21(16-18)15-17-4-3-5-20(27)14-17/h1-14,16H,15H2,(H,29,30). The van der Waals surface area contributed by atoms with Gasteiger partial charge in [-0.1, -0.05) is 24.3 Å². The molecule has 0 radical (unpaired) electrons. The predicted molar refractivity (Wildman–Crippen MR) is 114 cm³/mol. The van der Waals surface area contributed by atoms with Crippen LogP contribution in [0.15, 0.2) is 91.1 Å². The maximum Gasteiger partial charge on any atom is 0.255 e. The predicted octanol–water partition coefficient (Wildman–Crippen LogP) is 6.00. The van der Waals surface area contributed by atoms with Gasteiger partial charge in [-0.15, -0.1) is 0 Å². The minimum absolute atomic E-state index is 0.316. The Labute approximate surface area is 178 Å².